The molecule has 0 radical (unpaired) electrons. The minimum absolute atomic E-state index is 0.176. The molecule has 0 saturated carbocycles. The lowest BCUT2D eigenvalue weighted by Gasteiger charge is -2.16. The summed E-state index contributed by atoms with van der Waals surface area (Å²) in [4.78, 5) is 39.2. The number of methoxy groups -OCH3 is 1. The maximum Gasteiger partial charge on any atom is 0.282 e. The maximum absolute atomic E-state index is 13.4. The molecule has 0 unspecified atom stereocenters. The molecule has 1 heterocycles. The first kappa shape index (κ1) is 20.9. The summed E-state index contributed by atoms with van der Waals surface area (Å²) in [6.45, 7) is 1.43. The van der Waals surface area contributed by atoms with Crippen LogP contribution >= 0.6 is 0 Å². The van der Waals surface area contributed by atoms with Crippen molar-refractivity contribution in [2.75, 3.05) is 22.6 Å². The lowest BCUT2D eigenvalue weighted by atomic mass is 10.0. The van der Waals surface area contributed by atoms with Gasteiger partial charge in [-0.25, -0.2) is 4.90 Å². The van der Waals surface area contributed by atoms with E-state index in [-0.39, 0.29) is 17.2 Å². The topological polar surface area (TPSA) is 87.7 Å². The molecule has 0 aliphatic carbocycles. The van der Waals surface area contributed by atoms with Crippen molar-refractivity contribution in [1.29, 1.82) is 0 Å². The number of hydrogen-bond donors (Lipinski definition) is 2. The van der Waals surface area contributed by atoms with Gasteiger partial charge in [-0.3, -0.25) is 14.4 Å². The minimum atomic E-state index is -0.465. The van der Waals surface area contributed by atoms with Crippen LogP contribution in [0.4, 0.5) is 17.1 Å². The molecule has 7 heteroatoms. The summed E-state index contributed by atoms with van der Waals surface area (Å²) < 4.78 is 5.25. The maximum atomic E-state index is 13.4. The third kappa shape index (κ3) is 4.09. The molecule has 3 amide bonds. The van der Waals surface area contributed by atoms with E-state index < -0.39 is 11.8 Å². The molecular weight excluding hydrogens is 406 g/mol. The zero-order valence-electron chi connectivity index (χ0n) is 17.6. The highest BCUT2D eigenvalue weighted by atomic mass is 16.5. The summed E-state index contributed by atoms with van der Waals surface area (Å²) in [5.74, 6) is -0.524. The normalized spacial score (nSPS) is 13.4. The molecule has 160 valence electrons. The SMILES string of the molecule is COc1cccc(N2C(=O)C(Nc3ccc(NC(C)=O)cc3)=C(c3ccccc3)C2=O)c1. The Labute approximate surface area is 185 Å². The average molecular weight is 427 g/mol. The summed E-state index contributed by atoms with van der Waals surface area (Å²) in [7, 11) is 1.53. The van der Waals surface area contributed by atoms with E-state index >= 15 is 0 Å². The van der Waals surface area contributed by atoms with Crippen molar-refractivity contribution in [1.82, 2.24) is 0 Å². The lowest BCUT2D eigenvalue weighted by molar-refractivity contribution is -0.120. The van der Waals surface area contributed by atoms with Crippen LogP contribution < -0.4 is 20.3 Å². The van der Waals surface area contributed by atoms with Crippen molar-refractivity contribution in [2.24, 2.45) is 0 Å². The molecule has 4 rings (SSSR count). The number of carbonyl (C=O) groups is 3. The average Bonchev–Trinajstić information content (AvgIpc) is 3.04. The second kappa shape index (κ2) is 8.77. The Balaban J connectivity index is 1.73. The van der Waals surface area contributed by atoms with Crippen LogP contribution in [0.25, 0.3) is 5.57 Å². The predicted octanol–water partition coefficient (Wildman–Crippen LogP) is 4.05. The molecule has 32 heavy (non-hydrogen) atoms. The fraction of sp³-hybridized carbons (Fsp3) is 0.0800. The molecule has 3 aromatic carbocycles. The van der Waals surface area contributed by atoms with E-state index in [4.69, 9.17) is 4.74 Å². The summed E-state index contributed by atoms with van der Waals surface area (Å²) in [6.07, 6.45) is 0. The number of anilines is 3. The standard InChI is InChI=1S/C25H21N3O4/c1-16(29)26-18-11-13-19(14-12-18)27-23-22(17-7-4-3-5-8-17)24(30)28(25(23)31)20-9-6-10-21(15-20)32-2/h3-15,27H,1-2H3,(H,26,29). The lowest BCUT2D eigenvalue weighted by Crippen LogP contribution is -2.32. The van der Waals surface area contributed by atoms with E-state index in [9.17, 15) is 14.4 Å². The van der Waals surface area contributed by atoms with E-state index in [1.54, 1.807) is 60.7 Å². The van der Waals surface area contributed by atoms with Gasteiger partial charge in [0.15, 0.2) is 0 Å². The molecule has 3 aromatic rings. The summed E-state index contributed by atoms with van der Waals surface area (Å²) in [5.41, 5.74) is 2.75. The van der Waals surface area contributed by atoms with Gasteiger partial charge in [0.2, 0.25) is 5.91 Å². The highest BCUT2D eigenvalue weighted by molar-refractivity contribution is 6.46. The highest BCUT2D eigenvalue weighted by Gasteiger charge is 2.40. The first-order valence-electron chi connectivity index (χ1n) is 9.95. The van der Waals surface area contributed by atoms with Gasteiger partial charge in [0.25, 0.3) is 11.8 Å². The van der Waals surface area contributed by atoms with Crippen molar-refractivity contribution in [3.63, 3.8) is 0 Å². The van der Waals surface area contributed by atoms with Gasteiger partial charge in [0, 0.05) is 24.4 Å². The largest absolute Gasteiger partial charge is 0.497 e. The Bertz CT molecular complexity index is 1220. The molecule has 1 aliphatic rings. The Morgan fingerprint density at radius 3 is 2.19 bits per heavy atom. The quantitative estimate of drug-likeness (QED) is 0.580. The van der Waals surface area contributed by atoms with Crippen LogP contribution in [0.1, 0.15) is 12.5 Å². The summed E-state index contributed by atoms with van der Waals surface area (Å²) in [5, 5.41) is 5.80. The number of amides is 3. The molecule has 0 aromatic heterocycles. The van der Waals surface area contributed by atoms with Gasteiger partial charge in [-0.05, 0) is 42.0 Å². The highest BCUT2D eigenvalue weighted by Crippen LogP contribution is 2.34. The van der Waals surface area contributed by atoms with Crippen LogP contribution in [-0.4, -0.2) is 24.8 Å². The number of benzene rings is 3. The first-order valence-corrected chi connectivity index (χ1v) is 9.95. The molecule has 7 nitrogen and oxygen atoms in total. The molecule has 0 saturated heterocycles. The van der Waals surface area contributed by atoms with Crippen LogP contribution in [0.2, 0.25) is 0 Å². The van der Waals surface area contributed by atoms with Gasteiger partial charge in [-0.1, -0.05) is 36.4 Å². The molecule has 0 fully saturated rings. The van der Waals surface area contributed by atoms with E-state index in [0.29, 0.717) is 28.4 Å². The third-order valence-corrected chi connectivity index (χ3v) is 4.93. The van der Waals surface area contributed by atoms with Gasteiger partial charge < -0.3 is 15.4 Å². The monoisotopic (exact) mass is 427 g/mol. The Morgan fingerprint density at radius 2 is 1.53 bits per heavy atom. The smallest absolute Gasteiger partial charge is 0.282 e. The van der Waals surface area contributed by atoms with Crippen LogP contribution in [0.5, 0.6) is 5.75 Å². The van der Waals surface area contributed by atoms with Crippen molar-refractivity contribution in [3.05, 3.63) is 90.1 Å². The molecule has 0 spiro atoms. The molecule has 2 N–H and O–H groups in total. The number of hydrogen-bond acceptors (Lipinski definition) is 5. The van der Waals surface area contributed by atoms with Crippen molar-refractivity contribution >= 4 is 40.4 Å². The molecule has 0 atom stereocenters. The second-order valence-electron chi connectivity index (χ2n) is 7.15. The Morgan fingerprint density at radius 1 is 0.844 bits per heavy atom. The second-order valence-corrected chi connectivity index (χ2v) is 7.15. The number of nitrogens with zero attached hydrogens (tertiary/aromatic N) is 1. The van der Waals surface area contributed by atoms with Crippen molar-refractivity contribution in [3.8, 4) is 5.75 Å². The van der Waals surface area contributed by atoms with E-state index in [1.165, 1.54) is 14.0 Å². The molecule has 0 bridgehead atoms. The Hall–Kier alpha value is -4.39. The van der Waals surface area contributed by atoms with Crippen LogP contribution in [0.3, 0.4) is 0 Å². The number of nitrogens with one attached hydrogen (secondary N) is 2. The first-order chi connectivity index (χ1) is 15.5. The van der Waals surface area contributed by atoms with Crippen LogP contribution in [0, 0.1) is 0 Å². The van der Waals surface area contributed by atoms with Gasteiger partial charge in [0.05, 0.1) is 18.4 Å². The number of carbonyl (C=O) groups excluding carboxylic acids is 3. The zero-order valence-corrected chi connectivity index (χ0v) is 17.6. The van der Waals surface area contributed by atoms with Crippen molar-refractivity contribution < 1.29 is 19.1 Å². The number of ether oxygens (including phenoxy) is 1. The summed E-state index contributed by atoms with van der Waals surface area (Å²) >= 11 is 0. The fourth-order valence-electron chi connectivity index (χ4n) is 3.49. The van der Waals surface area contributed by atoms with Gasteiger partial charge >= 0.3 is 0 Å². The fourth-order valence-corrected chi connectivity index (χ4v) is 3.49. The third-order valence-electron chi connectivity index (χ3n) is 4.93. The number of imide groups is 1. The minimum Gasteiger partial charge on any atom is -0.497 e. The van der Waals surface area contributed by atoms with E-state index in [0.717, 1.165) is 4.90 Å². The van der Waals surface area contributed by atoms with Crippen molar-refractivity contribution in [2.45, 2.75) is 6.92 Å². The van der Waals surface area contributed by atoms with Gasteiger partial charge in [-0.15, -0.1) is 0 Å². The van der Waals surface area contributed by atoms with Gasteiger partial charge in [0.1, 0.15) is 11.4 Å². The molecule has 1 aliphatic heterocycles. The van der Waals surface area contributed by atoms with Gasteiger partial charge in [-0.2, -0.15) is 0 Å². The van der Waals surface area contributed by atoms with Crippen LogP contribution in [0.15, 0.2) is 84.6 Å². The Kier molecular flexibility index (Phi) is 5.72. The zero-order chi connectivity index (χ0) is 22.7. The predicted molar refractivity (Wildman–Crippen MR) is 123 cm³/mol. The van der Waals surface area contributed by atoms with Crippen LogP contribution in [-0.2, 0) is 14.4 Å². The number of rotatable bonds is 6. The summed E-state index contributed by atoms with van der Waals surface area (Å²) in [6, 6.07) is 22.7. The van der Waals surface area contributed by atoms with E-state index in [1.807, 2.05) is 18.2 Å². The molecular formula is C25H21N3O4. The van der Waals surface area contributed by atoms with E-state index in [2.05, 4.69) is 10.6 Å².